The van der Waals surface area contributed by atoms with E-state index in [-0.39, 0.29) is 11.0 Å². The molecule has 0 amide bonds. The molecule has 2 nitrogen and oxygen atoms in total. The lowest BCUT2D eigenvalue weighted by molar-refractivity contribution is 0.332. The van der Waals surface area contributed by atoms with Crippen molar-refractivity contribution in [3.63, 3.8) is 0 Å². The number of nitrogens with zero attached hydrogens (tertiary/aromatic N) is 1. The summed E-state index contributed by atoms with van der Waals surface area (Å²) < 4.78 is 1.18. The SMILES string of the molecule is Cc1cc(N2CC(C)(C)CNC(C)(C)C2)ccc1Br. The number of aryl methyl sites for hydroxylation is 1. The molecule has 2 rings (SSSR count). The van der Waals surface area contributed by atoms with Crippen LogP contribution in [0.2, 0.25) is 0 Å². The van der Waals surface area contributed by atoms with Gasteiger partial charge in [-0.1, -0.05) is 29.8 Å². The Hall–Kier alpha value is -0.540. The van der Waals surface area contributed by atoms with E-state index in [1.165, 1.54) is 15.7 Å². The first-order chi connectivity index (χ1) is 8.69. The van der Waals surface area contributed by atoms with Gasteiger partial charge < -0.3 is 10.2 Å². The predicted octanol–water partition coefficient (Wildman–Crippen LogP) is 3.97. The smallest absolute Gasteiger partial charge is 0.0370 e. The first-order valence-corrected chi connectivity index (χ1v) is 7.74. The number of nitrogens with one attached hydrogen (secondary N) is 1. The fourth-order valence-electron chi connectivity index (χ4n) is 2.65. The minimum absolute atomic E-state index is 0.148. The van der Waals surface area contributed by atoms with E-state index in [2.05, 4.69) is 79.0 Å². The highest BCUT2D eigenvalue weighted by Gasteiger charge is 2.32. The van der Waals surface area contributed by atoms with Crippen molar-refractivity contribution in [3.8, 4) is 0 Å². The van der Waals surface area contributed by atoms with E-state index in [4.69, 9.17) is 0 Å². The Morgan fingerprint density at radius 3 is 2.47 bits per heavy atom. The zero-order chi connectivity index (χ0) is 14.3. The van der Waals surface area contributed by atoms with Crippen molar-refractivity contribution in [2.45, 2.75) is 40.2 Å². The lowest BCUT2D eigenvalue weighted by atomic mass is 9.93. The van der Waals surface area contributed by atoms with E-state index in [1.54, 1.807) is 0 Å². The number of anilines is 1. The average molecular weight is 325 g/mol. The molecule has 1 heterocycles. The van der Waals surface area contributed by atoms with Gasteiger partial charge in [0.2, 0.25) is 0 Å². The second kappa shape index (κ2) is 5.10. The van der Waals surface area contributed by atoms with Crippen LogP contribution < -0.4 is 10.2 Å². The van der Waals surface area contributed by atoms with Crippen molar-refractivity contribution in [1.29, 1.82) is 0 Å². The van der Waals surface area contributed by atoms with Gasteiger partial charge in [-0.2, -0.15) is 0 Å². The molecule has 1 saturated heterocycles. The van der Waals surface area contributed by atoms with Gasteiger partial charge in [0.1, 0.15) is 0 Å². The standard InChI is InChI=1S/C16H25BrN2/c1-12-8-13(6-7-14(12)17)19-10-15(2,3)9-18-16(4,5)11-19/h6-8,18H,9-11H2,1-5H3. The van der Waals surface area contributed by atoms with Crippen molar-refractivity contribution >= 4 is 21.6 Å². The maximum absolute atomic E-state index is 3.69. The third-order valence-electron chi connectivity index (χ3n) is 3.76. The fraction of sp³-hybridized carbons (Fsp3) is 0.625. The molecule has 3 heteroatoms. The molecule has 106 valence electrons. The highest BCUT2D eigenvalue weighted by Crippen LogP contribution is 2.29. The molecule has 0 aromatic heterocycles. The van der Waals surface area contributed by atoms with Gasteiger partial charge in [-0.05, 0) is 49.9 Å². The maximum Gasteiger partial charge on any atom is 0.0370 e. The van der Waals surface area contributed by atoms with Gasteiger partial charge in [-0.25, -0.2) is 0 Å². The van der Waals surface area contributed by atoms with Gasteiger partial charge in [0, 0.05) is 35.3 Å². The summed E-state index contributed by atoms with van der Waals surface area (Å²) in [7, 11) is 0. The van der Waals surface area contributed by atoms with Crippen molar-refractivity contribution in [3.05, 3.63) is 28.2 Å². The molecule has 1 fully saturated rings. The summed E-state index contributed by atoms with van der Waals surface area (Å²) in [6.07, 6.45) is 0. The molecule has 0 spiro atoms. The quantitative estimate of drug-likeness (QED) is 0.840. The van der Waals surface area contributed by atoms with Crippen LogP contribution in [0.1, 0.15) is 33.3 Å². The topological polar surface area (TPSA) is 15.3 Å². The summed E-state index contributed by atoms with van der Waals surface area (Å²) in [5.74, 6) is 0. The molecule has 1 aromatic carbocycles. The zero-order valence-electron chi connectivity index (χ0n) is 12.7. The van der Waals surface area contributed by atoms with Gasteiger partial charge >= 0.3 is 0 Å². The van der Waals surface area contributed by atoms with Crippen LogP contribution in [0.3, 0.4) is 0 Å². The molecule has 1 aromatic rings. The molecule has 0 atom stereocenters. The lowest BCUT2D eigenvalue weighted by Gasteiger charge is -2.33. The largest absolute Gasteiger partial charge is 0.369 e. The van der Waals surface area contributed by atoms with Crippen LogP contribution in [0, 0.1) is 12.3 Å². The summed E-state index contributed by atoms with van der Waals surface area (Å²) in [5, 5.41) is 3.69. The van der Waals surface area contributed by atoms with Crippen LogP contribution in [0.15, 0.2) is 22.7 Å². The van der Waals surface area contributed by atoms with Crippen LogP contribution in [0.4, 0.5) is 5.69 Å². The summed E-state index contributed by atoms with van der Waals surface area (Å²) >= 11 is 3.58. The minimum Gasteiger partial charge on any atom is -0.369 e. The molecule has 0 radical (unpaired) electrons. The van der Waals surface area contributed by atoms with Gasteiger partial charge in [0.15, 0.2) is 0 Å². The Kier molecular flexibility index (Phi) is 3.99. The first kappa shape index (κ1) is 14.9. The number of rotatable bonds is 1. The monoisotopic (exact) mass is 324 g/mol. The molecule has 0 bridgehead atoms. The van der Waals surface area contributed by atoms with Crippen molar-refractivity contribution in [1.82, 2.24) is 5.32 Å². The number of benzene rings is 1. The average Bonchev–Trinajstić information content (AvgIpc) is 2.39. The highest BCUT2D eigenvalue weighted by molar-refractivity contribution is 9.10. The van der Waals surface area contributed by atoms with E-state index in [0.29, 0.717) is 0 Å². The molecule has 1 aliphatic heterocycles. The number of hydrogen-bond acceptors (Lipinski definition) is 2. The van der Waals surface area contributed by atoms with Crippen LogP contribution >= 0.6 is 15.9 Å². The van der Waals surface area contributed by atoms with Crippen LogP contribution in [0.25, 0.3) is 0 Å². The number of hydrogen-bond donors (Lipinski definition) is 1. The summed E-state index contributed by atoms with van der Waals surface area (Å²) in [5.41, 5.74) is 3.06. The summed E-state index contributed by atoms with van der Waals surface area (Å²) in [6.45, 7) is 14.6. The van der Waals surface area contributed by atoms with Crippen molar-refractivity contribution in [2.75, 3.05) is 24.5 Å². The van der Waals surface area contributed by atoms with Gasteiger partial charge in [0.05, 0.1) is 0 Å². The third kappa shape index (κ3) is 3.73. The van der Waals surface area contributed by atoms with Crippen molar-refractivity contribution < 1.29 is 0 Å². The fourth-order valence-corrected chi connectivity index (χ4v) is 2.89. The third-order valence-corrected chi connectivity index (χ3v) is 4.65. The Morgan fingerprint density at radius 2 is 1.84 bits per heavy atom. The van der Waals surface area contributed by atoms with Crippen LogP contribution in [-0.4, -0.2) is 25.2 Å². The van der Waals surface area contributed by atoms with E-state index in [0.717, 1.165) is 19.6 Å². The van der Waals surface area contributed by atoms with E-state index in [9.17, 15) is 0 Å². The number of halogens is 1. The Balaban J connectivity index is 2.32. The van der Waals surface area contributed by atoms with Crippen molar-refractivity contribution in [2.24, 2.45) is 5.41 Å². The molecular formula is C16H25BrN2. The normalized spacial score (nSPS) is 22.1. The first-order valence-electron chi connectivity index (χ1n) is 6.95. The zero-order valence-corrected chi connectivity index (χ0v) is 14.3. The molecule has 0 unspecified atom stereocenters. The van der Waals surface area contributed by atoms with E-state index < -0.39 is 0 Å². The summed E-state index contributed by atoms with van der Waals surface area (Å²) in [4.78, 5) is 2.51. The molecule has 0 aliphatic carbocycles. The Bertz CT molecular complexity index is 448. The highest BCUT2D eigenvalue weighted by atomic mass is 79.9. The maximum atomic E-state index is 3.69. The molecule has 0 saturated carbocycles. The Morgan fingerprint density at radius 1 is 1.16 bits per heavy atom. The van der Waals surface area contributed by atoms with Gasteiger partial charge in [-0.15, -0.1) is 0 Å². The van der Waals surface area contributed by atoms with Crippen LogP contribution in [-0.2, 0) is 0 Å². The molecule has 1 aliphatic rings. The Labute approximate surface area is 125 Å². The molecular weight excluding hydrogens is 300 g/mol. The second-order valence-corrected chi connectivity index (χ2v) is 8.05. The lowest BCUT2D eigenvalue weighted by Crippen LogP contribution is -2.46. The van der Waals surface area contributed by atoms with E-state index >= 15 is 0 Å². The molecule has 1 N–H and O–H groups in total. The van der Waals surface area contributed by atoms with Gasteiger partial charge in [0.25, 0.3) is 0 Å². The minimum atomic E-state index is 0.148. The predicted molar refractivity (Wildman–Crippen MR) is 87.0 cm³/mol. The van der Waals surface area contributed by atoms with Crippen LogP contribution in [0.5, 0.6) is 0 Å². The summed E-state index contributed by atoms with van der Waals surface area (Å²) in [6, 6.07) is 6.65. The molecule has 19 heavy (non-hydrogen) atoms. The van der Waals surface area contributed by atoms with Gasteiger partial charge in [-0.3, -0.25) is 0 Å². The second-order valence-electron chi connectivity index (χ2n) is 7.19. The van der Waals surface area contributed by atoms with E-state index in [1.807, 2.05) is 0 Å².